The minimum atomic E-state index is -3.27. The molecule has 0 radical (unpaired) electrons. The van der Waals surface area contributed by atoms with Crippen molar-refractivity contribution in [1.82, 2.24) is 5.32 Å². The SMILES string of the molecule is CNC(C)CC1=Cc2cc(Br)ccc2S1(=O)=O. The van der Waals surface area contributed by atoms with Crippen molar-refractivity contribution >= 4 is 31.8 Å². The summed E-state index contributed by atoms with van der Waals surface area (Å²) in [4.78, 5) is 0.909. The third-order valence-corrected chi connectivity index (χ3v) is 5.34. The molecule has 0 bridgehead atoms. The lowest BCUT2D eigenvalue weighted by atomic mass is 10.1. The molecule has 0 fully saturated rings. The van der Waals surface area contributed by atoms with Gasteiger partial charge in [0.15, 0.2) is 0 Å². The molecule has 3 nitrogen and oxygen atoms in total. The van der Waals surface area contributed by atoms with Crippen molar-refractivity contribution in [2.45, 2.75) is 24.3 Å². The fourth-order valence-corrected chi connectivity index (χ4v) is 3.93. The Morgan fingerprint density at radius 1 is 1.41 bits per heavy atom. The summed E-state index contributed by atoms with van der Waals surface area (Å²) in [6, 6.07) is 5.40. The zero-order valence-corrected chi connectivity index (χ0v) is 12.1. The summed E-state index contributed by atoms with van der Waals surface area (Å²) >= 11 is 3.35. The summed E-state index contributed by atoms with van der Waals surface area (Å²) in [5, 5.41) is 3.05. The predicted molar refractivity (Wildman–Crippen MR) is 72.4 cm³/mol. The van der Waals surface area contributed by atoms with E-state index in [9.17, 15) is 8.42 Å². The monoisotopic (exact) mass is 315 g/mol. The highest BCUT2D eigenvalue weighted by atomic mass is 79.9. The number of sulfone groups is 1. The first-order chi connectivity index (χ1) is 7.95. The summed E-state index contributed by atoms with van der Waals surface area (Å²) in [5.41, 5.74) is 0.776. The van der Waals surface area contributed by atoms with Gasteiger partial charge in [0.2, 0.25) is 9.84 Å². The minimum absolute atomic E-state index is 0.147. The van der Waals surface area contributed by atoms with Crippen molar-refractivity contribution in [1.29, 1.82) is 0 Å². The van der Waals surface area contributed by atoms with E-state index in [1.807, 2.05) is 20.0 Å². The molecule has 1 atom stereocenters. The normalized spacial score (nSPS) is 18.6. The van der Waals surface area contributed by atoms with Crippen LogP contribution in [-0.2, 0) is 9.84 Å². The fourth-order valence-electron chi connectivity index (χ4n) is 1.84. The Morgan fingerprint density at radius 2 is 2.12 bits per heavy atom. The van der Waals surface area contributed by atoms with Crippen molar-refractivity contribution in [2.24, 2.45) is 0 Å². The fraction of sp³-hybridized carbons (Fsp3) is 0.333. The maximum absolute atomic E-state index is 12.2. The molecule has 0 saturated carbocycles. The Bertz CT molecular complexity index is 578. The number of hydrogen-bond donors (Lipinski definition) is 1. The van der Waals surface area contributed by atoms with E-state index in [0.29, 0.717) is 16.2 Å². The van der Waals surface area contributed by atoms with Gasteiger partial charge in [-0.3, -0.25) is 0 Å². The molecule has 0 spiro atoms. The number of halogens is 1. The van der Waals surface area contributed by atoms with Crippen LogP contribution in [0.1, 0.15) is 18.9 Å². The molecule has 5 heteroatoms. The van der Waals surface area contributed by atoms with E-state index in [2.05, 4.69) is 21.2 Å². The third kappa shape index (κ3) is 2.32. The summed E-state index contributed by atoms with van der Waals surface area (Å²) < 4.78 is 25.4. The number of nitrogens with one attached hydrogen (secondary N) is 1. The van der Waals surface area contributed by atoms with Gasteiger partial charge in [-0.25, -0.2) is 8.42 Å². The molecule has 0 aromatic heterocycles. The lowest BCUT2D eigenvalue weighted by Crippen LogP contribution is -2.22. The highest BCUT2D eigenvalue weighted by Crippen LogP contribution is 2.36. The molecule has 0 amide bonds. The Kier molecular flexibility index (Phi) is 3.43. The summed E-state index contributed by atoms with van der Waals surface area (Å²) in [5.74, 6) is 0. The number of fused-ring (bicyclic) bond motifs is 1. The van der Waals surface area contributed by atoms with E-state index < -0.39 is 9.84 Å². The molecule has 1 N–H and O–H groups in total. The minimum Gasteiger partial charge on any atom is -0.317 e. The third-order valence-electron chi connectivity index (χ3n) is 2.92. The molecule has 0 saturated heterocycles. The number of rotatable bonds is 3. The van der Waals surface area contributed by atoms with Crippen LogP contribution in [0.5, 0.6) is 0 Å². The molecule has 1 aromatic rings. The second kappa shape index (κ2) is 4.55. The predicted octanol–water partition coefficient (Wildman–Crippen LogP) is 2.58. The largest absolute Gasteiger partial charge is 0.317 e. The van der Waals surface area contributed by atoms with E-state index in [0.717, 1.165) is 10.0 Å². The van der Waals surface area contributed by atoms with Crippen LogP contribution >= 0.6 is 15.9 Å². The zero-order valence-electron chi connectivity index (χ0n) is 9.70. The topological polar surface area (TPSA) is 46.2 Å². The standard InChI is InChI=1S/C12H14BrNO2S/c1-8(14-2)5-11-7-9-6-10(13)3-4-12(9)17(11,15)16/h3-4,6-8,14H,5H2,1-2H3. The highest BCUT2D eigenvalue weighted by molar-refractivity contribution is 9.10. The molecule has 1 heterocycles. The molecule has 2 rings (SSSR count). The van der Waals surface area contributed by atoms with Gasteiger partial charge < -0.3 is 5.32 Å². The van der Waals surface area contributed by atoms with Gasteiger partial charge in [-0.1, -0.05) is 15.9 Å². The van der Waals surface area contributed by atoms with Gasteiger partial charge in [0.05, 0.1) is 9.80 Å². The van der Waals surface area contributed by atoms with Crippen LogP contribution in [0.15, 0.2) is 32.5 Å². The summed E-state index contributed by atoms with van der Waals surface area (Å²) in [6.45, 7) is 1.97. The van der Waals surface area contributed by atoms with Gasteiger partial charge in [-0.15, -0.1) is 0 Å². The van der Waals surface area contributed by atoms with E-state index in [4.69, 9.17) is 0 Å². The van der Waals surface area contributed by atoms with Crippen LogP contribution in [0.3, 0.4) is 0 Å². The highest BCUT2D eigenvalue weighted by Gasteiger charge is 2.29. The molecule has 1 aliphatic heterocycles. The lowest BCUT2D eigenvalue weighted by molar-refractivity contribution is 0.586. The van der Waals surface area contributed by atoms with Crippen LogP contribution in [0, 0.1) is 0 Å². The zero-order chi connectivity index (χ0) is 12.6. The molecule has 17 heavy (non-hydrogen) atoms. The van der Waals surface area contributed by atoms with Crippen molar-refractivity contribution < 1.29 is 8.42 Å². The summed E-state index contributed by atoms with van der Waals surface area (Å²) in [6.07, 6.45) is 2.29. The van der Waals surface area contributed by atoms with Gasteiger partial charge in [-0.05, 0) is 50.2 Å². The van der Waals surface area contributed by atoms with Crippen LogP contribution in [0.2, 0.25) is 0 Å². The molecule has 1 aromatic carbocycles. The van der Waals surface area contributed by atoms with Crippen molar-refractivity contribution in [3.63, 3.8) is 0 Å². The van der Waals surface area contributed by atoms with Crippen LogP contribution < -0.4 is 5.32 Å². The van der Waals surface area contributed by atoms with Crippen molar-refractivity contribution in [3.8, 4) is 0 Å². The maximum Gasteiger partial charge on any atom is 0.203 e. The Balaban J connectivity index is 2.43. The first-order valence-electron chi connectivity index (χ1n) is 5.37. The van der Waals surface area contributed by atoms with E-state index in [-0.39, 0.29) is 6.04 Å². The van der Waals surface area contributed by atoms with Gasteiger partial charge in [0.25, 0.3) is 0 Å². The summed E-state index contributed by atoms with van der Waals surface area (Å²) in [7, 11) is -1.44. The Morgan fingerprint density at radius 3 is 2.76 bits per heavy atom. The number of hydrogen-bond acceptors (Lipinski definition) is 3. The van der Waals surface area contributed by atoms with E-state index in [1.165, 1.54) is 0 Å². The molecule has 1 unspecified atom stereocenters. The molecule has 92 valence electrons. The first kappa shape index (κ1) is 12.8. The van der Waals surface area contributed by atoms with Crippen molar-refractivity contribution in [2.75, 3.05) is 7.05 Å². The second-order valence-corrected chi connectivity index (χ2v) is 7.08. The number of benzene rings is 1. The molecule has 1 aliphatic rings. The molecule has 0 aliphatic carbocycles. The second-order valence-electron chi connectivity index (χ2n) is 4.19. The van der Waals surface area contributed by atoms with Crippen LogP contribution in [-0.4, -0.2) is 21.5 Å². The van der Waals surface area contributed by atoms with Gasteiger partial charge in [0.1, 0.15) is 0 Å². The molecular weight excluding hydrogens is 302 g/mol. The smallest absolute Gasteiger partial charge is 0.203 e. The van der Waals surface area contributed by atoms with Crippen LogP contribution in [0.25, 0.3) is 6.08 Å². The lowest BCUT2D eigenvalue weighted by Gasteiger charge is -2.10. The van der Waals surface area contributed by atoms with Crippen LogP contribution in [0.4, 0.5) is 0 Å². The molecular formula is C12H14BrNO2S. The maximum atomic E-state index is 12.2. The van der Waals surface area contributed by atoms with E-state index in [1.54, 1.807) is 18.2 Å². The average Bonchev–Trinajstić information content (AvgIpc) is 2.50. The van der Waals surface area contributed by atoms with E-state index >= 15 is 0 Å². The Labute approximate surface area is 110 Å². The average molecular weight is 316 g/mol. The van der Waals surface area contributed by atoms with Gasteiger partial charge >= 0.3 is 0 Å². The Hall–Kier alpha value is -0.650. The van der Waals surface area contributed by atoms with Gasteiger partial charge in [-0.2, -0.15) is 0 Å². The quantitative estimate of drug-likeness (QED) is 0.932. The first-order valence-corrected chi connectivity index (χ1v) is 7.65. The van der Waals surface area contributed by atoms with Gasteiger partial charge in [0, 0.05) is 10.5 Å². The van der Waals surface area contributed by atoms with Crippen molar-refractivity contribution in [3.05, 3.63) is 33.1 Å².